The van der Waals surface area contributed by atoms with Crippen LogP contribution in [0, 0.1) is 0 Å². The fraction of sp³-hybridized carbons (Fsp3) is 0.333. The molecule has 142 valence electrons. The molecule has 0 unspecified atom stereocenters. The van der Waals surface area contributed by atoms with Gasteiger partial charge in [-0.2, -0.15) is 0 Å². The molecule has 0 aromatic heterocycles. The van der Waals surface area contributed by atoms with E-state index in [0.29, 0.717) is 21.0 Å². The largest absolute Gasteiger partial charge is 0.494 e. The number of hydrogen-bond acceptors (Lipinski definition) is 7. The second-order valence-corrected chi connectivity index (χ2v) is 8.43. The molecule has 0 aliphatic carbocycles. The Labute approximate surface area is 171 Å². The van der Waals surface area contributed by atoms with Crippen molar-refractivity contribution in [1.82, 2.24) is 10.2 Å². The van der Waals surface area contributed by atoms with Gasteiger partial charge in [0.1, 0.15) is 10.1 Å². The van der Waals surface area contributed by atoms with Crippen molar-refractivity contribution in [2.45, 2.75) is 13.3 Å². The van der Waals surface area contributed by atoms with E-state index in [-0.39, 0.29) is 24.8 Å². The van der Waals surface area contributed by atoms with Gasteiger partial charge in [-0.3, -0.25) is 19.5 Å². The van der Waals surface area contributed by atoms with Crippen LogP contribution in [0.25, 0.3) is 6.08 Å². The molecule has 2 amide bonds. The molecule has 0 spiro atoms. The molecule has 9 heteroatoms. The van der Waals surface area contributed by atoms with Gasteiger partial charge in [-0.15, -0.1) is 0 Å². The maximum Gasteiger partial charge on any atom is 0.266 e. The molecular weight excluding hydrogens is 402 g/mol. The normalized spacial score (nSPS) is 18.2. The minimum absolute atomic E-state index is 0.160. The Morgan fingerprint density at radius 2 is 2.19 bits per heavy atom. The molecule has 1 aromatic carbocycles. The molecule has 1 fully saturated rings. The van der Waals surface area contributed by atoms with Crippen LogP contribution in [0.3, 0.4) is 0 Å². The van der Waals surface area contributed by atoms with Gasteiger partial charge >= 0.3 is 0 Å². The van der Waals surface area contributed by atoms with E-state index in [9.17, 15) is 9.59 Å². The minimum atomic E-state index is -0.167. The summed E-state index contributed by atoms with van der Waals surface area (Å²) in [4.78, 5) is 30.8. The number of nitrogens with zero attached hydrogens (tertiary/aromatic N) is 2. The monoisotopic (exact) mass is 421 g/mol. The van der Waals surface area contributed by atoms with Crippen LogP contribution in [0.2, 0.25) is 0 Å². The van der Waals surface area contributed by atoms with Gasteiger partial charge in [0.25, 0.3) is 5.91 Å². The molecule has 1 aromatic rings. The highest BCUT2D eigenvalue weighted by molar-refractivity contribution is 8.26. The van der Waals surface area contributed by atoms with E-state index in [1.54, 1.807) is 6.08 Å². The van der Waals surface area contributed by atoms with Crippen LogP contribution < -0.4 is 10.1 Å². The van der Waals surface area contributed by atoms with Gasteiger partial charge in [0.15, 0.2) is 5.17 Å². The van der Waals surface area contributed by atoms with Crippen LogP contribution in [0.15, 0.2) is 34.2 Å². The van der Waals surface area contributed by atoms with Crippen molar-refractivity contribution < 1.29 is 14.3 Å². The molecule has 1 saturated heterocycles. The number of ether oxygens (including phenoxy) is 1. The Morgan fingerprint density at radius 1 is 1.41 bits per heavy atom. The molecule has 0 bridgehead atoms. The van der Waals surface area contributed by atoms with Gasteiger partial charge in [0.2, 0.25) is 5.91 Å². The number of rotatable bonds is 6. The molecule has 0 saturated carbocycles. The third kappa shape index (κ3) is 5.33. The second-order valence-electron chi connectivity index (χ2n) is 5.67. The first-order valence-electron chi connectivity index (χ1n) is 8.52. The predicted molar refractivity (Wildman–Crippen MR) is 115 cm³/mol. The van der Waals surface area contributed by atoms with E-state index in [1.165, 1.54) is 28.4 Å². The number of aliphatic imine (C=N–C) groups is 1. The lowest BCUT2D eigenvalue weighted by Crippen LogP contribution is -2.34. The molecule has 27 heavy (non-hydrogen) atoms. The summed E-state index contributed by atoms with van der Waals surface area (Å²) in [6.45, 7) is 3.53. The fourth-order valence-electron chi connectivity index (χ4n) is 2.48. The number of thioether (sulfide) groups is 2. The summed E-state index contributed by atoms with van der Waals surface area (Å²) in [5.74, 6) is 1.35. The molecule has 6 nitrogen and oxygen atoms in total. The van der Waals surface area contributed by atoms with Gasteiger partial charge in [-0.1, -0.05) is 47.9 Å². The molecule has 3 rings (SSSR count). The van der Waals surface area contributed by atoms with Crippen LogP contribution in [-0.2, 0) is 9.59 Å². The highest BCUT2D eigenvalue weighted by Crippen LogP contribution is 2.32. The lowest BCUT2D eigenvalue weighted by Gasteiger charge is -2.13. The molecule has 1 N–H and O–H groups in total. The Bertz CT molecular complexity index is 806. The third-order valence-electron chi connectivity index (χ3n) is 3.76. The van der Waals surface area contributed by atoms with E-state index >= 15 is 0 Å². The summed E-state index contributed by atoms with van der Waals surface area (Å²) >= 11 is 8.09. The quantitative estimate of drug-likeness (QED) is 0.563. The zero-order valence-corrected chi connectivity index (χ0v) is 17.2. The highest BCUT2D eigenvalue weighted by Gasteiger charge is 2.32. The van der Waals surface area contributed by atoms with E-state index in [1.807, 2.05) is 31.2 Å². The third-order valence-corrected chi connectivity index (χ3v) is 6.03. The van der Waals surface area contributed by atoms with E-state index in [2.05, 4.69) is 10.3 Å². The number of carbonyl (C=O) groups excluding carboxylic acids is 2. The van der Waals surface area contributed by atoms with E-state index in [0.717, 1.165) is 23.6 Å². The molecule has 0 radical (unpaired) electrons. The average molecular weight is 422 g/mol. The standard InChI is InChI=1S/C18H19N3O3S3/c1-2-24-13-5-3-12(4-6-13)11-14-16(23)21(18(25)27-14)9-7-15(22)20-17-19-8-10-26-17/h3-6,11H,2,7-10H2,1H3,(H,19,20,22)/b14-11-. The van der Waals surface area contributed by atoms with Crippen molar-refractivity contribution >= 4 is 63.1 Å². The Morgan fingerprint density at radius 3 is 2.85 bits per heavy atom. The van der Waals surface area contributed by atoms with Crippen molar-refractivity contribution in [1.29, 1.82) is 0 Å². The number of amides is 2. The highest BCUT2D eigenvalue weighted by atomic mass is 32.2. The van der Waals surface area contributed by atoms with Crippen molar-refractivity contribution in [3.63, 3.8) is 0 Å². The summed E-state index contributed by atoms with van der Waals surface area (Å²) < 4.78 is 5.89. The number of hydrogen-bond donors (Lipinski definition) is 1. The number of benzene rings is 1. The molecular formula is C18H19N3O3S3. The van der Waals surface area contributed by atoms with E-state index < -0.39 is 0 Å². The number of amidine groups is 1. The van der Waals surface area contributed by atoms with Crippen LogP contribution in [0.1, 0.15) is 18.9 Å². The number of thiocarbonyl (C=S) groups is 1. The average Bonchev–Trinajstić information content (AvgIpc) is 3.24. The molecule has 2 heterocycles. The Balaban J connectivity index is 1.58. The lowest BCUT2D eigenvalue weighted by atomic mass is 10.2. The Hall–Kier alpha value is -1.84. The van der Waals surface area contributed by atoms with Crippen LogP contribution in [-0.4, -0.2) is 51.7 Å². The summed E-state index contributed by atoms with van der Waals surface area (Å²) in [6.07, 6.45) is 1.99. The molecule has 2 aliphatic rings. The summed E-state index contributed by atoms with van der Waals surface area (Å²) in [5.41, 5.74) is 0.896. The zero-order valence-electron chi connectivity index (χ0n) is 14.8. The van der Waals surface area contributed by atoms with Crippen molar-refractivity contribution in [3.05, 3.63) is 34.7 Å². The number of nitrogens with one attached hydrogen (secondary N) is 1. The van der Waals surface area contributed by atoms with Crippen LogP contribution in [0.5, 0.6) is 5.75 Å². The zero-order chi connectivity index (χ0) is 19.2. The maximum absolute atomic E-state index is 12.6. The summed E-state index contributed by atoms with van der Waals surface area (Å²) in [6, 6.07) is 7.52. The minimum Gasteiger partial charge on any atom is -0.494 e. The van der Waals surface area contributed by atoms with Gasteiger partial charge < -0.3 is 10.1 Å². The molecule has 0 atom stereocenters. The first-order valence-corrected chi connectivity index (χ1v) is 10.7. The lowest BCUT2D eigenvalue weighted by molar-refractivity contribution is -0.123. The summed E-state index contributed by atoms with van der Waals surface area (Å²) in [7, 11) is 0. The fourth-order valence-corrected chi connectivity index (χ4v) is 4.53. The van der Waals surface area contributed by atoms with Gasteiger partial charge in [-0.05, 0) is 30.7 Å². The Kier molecular flexibility index (Phi) is 6.92. The first-order chi connectivity index (χ1) is 13.1. The van der Waals surface area contributed by atoms with Crippen molar-refractivity contribution in [2.24, 2.45) is 4.99 Å². The van der Waals surface area contributed by atoms with Crippen molar-refractivity contribution in [2.75, 3.05) is 25.4 Å². The molecule has 2 aliphatic heterocycles. The summed E-state index contributed by atoms with van der Waals surface area (Å²) in [5, 5.41) is 3.41. The van der Waals surface area contributed by atoms with E-state index in [4.69, 9.17) is 17.0 Å². The van der Waals surface area contributed by atoms with Gasteiger partial charge in [-0.25, -0.2) is 0 Å². The smallest absolute Gasteiger partial charge is 0.266 e. The van der Waals surface area contributed by atoms with Gasteiger partial charge in [0.05, 0.1) is 18.1 Å². The second kappa shape index (κ2) is 9.38. The SMILES string of the molecule is CCOc1ccc(/C=C2\SC(=S)N(CCC(=O)NC3=NCCS3)C2=O)cc1. The topological polar surface area (TPSA) is 71.0 Å². The van der Waals surface area contributed by atoms with Crippen LogP contribution in [0.4, 0.5) is 0 Å². The number of carbonyl (C=O) groups is 2. The van der Waals surface area contributed by atoms with Crippen molar-refractivity contribution in [3.8, 4) is 5.75 Å². The maximum atomic E-state index is 12.6. The van der Waals surface area contributed by atoms with Crippen LogP contribution >= 0.6 is 35.7 Å². The predicted octanol–water partition coefficient (Wildman–Crippen LogP) is 2.90. The first kappa shape index (κ1) is 19.9. The van der Waals surface area contributed by atoms with Gasteiger partial charge in [0, 0.05) is 18.7 Å².